The average Bonchev–Trinajstić information content (AvgIpc) is 2.54. The first-order valence-corrected chi connectivity index (χ1v) is 6.94. The summed E-state index contributed by atoms with van der Waals surface area (Å²) in [6.45, 7) is 3.87. The van der Waals surface area contributed by atoms with Crippen LogP contribution in [0.2, 0.25) is 0 Å². The van der Waals surface area contributed by atoms with Crippen molar-refractivity contribution >= 4 is 0 Å². The molecule has 19 heavy (non-hydrogen) atoms. The van der Waals surface area contributed by atoms with Crippen molar-refractivity contribution in [2.24, 2.45) is 5.73 Å². The number of nitrogens with zero attached hydrogens (tertiary/aromatic N) is 1. The van der Waals surface area contributed by atoms with Gasteiger partial charge in [-0.1, -0.05) is 18.2 Å². The van der Waals surface area contributed by atoms with E-state index in [9.17, 15) is 9.50 Å². The molecule has 1 fully saturated rings. The molecule has 0 bridgehead atoms. The summed E-state index contributed by atoms with van der Waals surface area (Å²) >= 11 is 0. The highest BCUT2D eigenvalue weighted by Gasteiger charge is 2.29. The smallest absolute Gasteiger partial charge is 0.128 e. The maximum absolute atomic E-state index is 13.9. The second-order valence-corrected chi connectivity index (χ2v) is 5.66. The molecule has 0 amide bonds. The van der Waals surface area contributed by atoms with Crippen molar-refractivity contribution in [3.63, 3.8) is 0 Å². The number of halogens is 1. The summed E-state index contributed by atoms with van der Waals surface area (Å²) < 4.78 is 13.9. The standard InChI is InChI=1S/C15H23FN2O/c1-15(19)7-4-9-18(10-8-15)14(11-17)12-5-2-3-6-13(12)16/h2-3,5-6,14,19H,4,7-11,17H2,1H3. The molecule has 4 heteroatoms. The molecule has 0 radical (unpaired) electrons. The minimum absolute atomic E-state index is 0.102. The number of likely N-dealkylation sites (tertiary alicyclic amines) is 1. The van der Waals surface area contributed by atoms with Gasteiger partial charge in [-0.25, -0.2) is 4.39 Å². The highest BCUT2D eigenvalue weighted by atomic mass is 19.1. The number of benzene rings is 1. The van der Waals surface area contributed by atoms with E-state index in [1.807, 2.05) is 13.0 Å². The fraction of sp³-hybridized carbons (Fsp3) is 0.600. The highest BCUT2D eigenvalue weighted by molar-refractivity contribution is 5.21. The molecule has 1 heterocycles. The van der Waals surface area contributed by atoms with E-state index < -0.39 is 5.60 Å². The zero-order chi connectivity index (χ0) is 13.9. The summed E-state index contributed by atoms with van der Waals surface area (Å²) in [6, 6.07) is 6.71. The number of hydrogen-bond donors (Lipinski definition) is 2. The Bertz CT molecular complexity index is 422. The molecule has 2 rings (SSSR count). The van der Waals surface area contributed by atoms with Crippen LogP contribution in [0.4, 0.5) is 4.39 Å². The predicted octanol–water partition coefficient (Wildman–Crippen LogP) is 2.06. The minimum Gasteiger partial charge on any atom is -0.390 e. The van der Waals surface area contributed by atoms with Crippen molar-refractivity contribution in [1.82, 2.24) is 4.90 Å². The third kappa shape index (κ3) is 3.53. The third-order valence-electron chi connectivity index (χ3n) is 4.03. The second kappa shape index (κ2) is 5.99. The molecule has 106 valence electrons. The van der Waals surface area contributed by atoms with Crippen LogP contribution in [-0.2, 0) is 0 Å². The summed E-state index contributed by atoms with van der Waals surface area (Å²) in [5.41, 5.74) is 5.90. The lowest BCUT2D eigenvalue weighted by atomic mass is 9.98. The molecule has 3 N–H and O–H groups in total. The van der Waals surface area contributed by atoms with Crippen molar-refractivity contribution in [1.29, 1.82) is 0 Å². The quantitative estimate of drug-likeness (QED) is 0.880. The van der Waals surface area contributed by atoms with Crippen LogP contribution in [0.15, 0.2) is 24.3 Å². The first-order valence-electron chi connectivity index (χ1n) is 6.94. The summed E-state index contributed by atoms with van der Waals surface area (Å²) in [5, 5.41) is 10.1. The Balaban J connectivity index is 2.16. The monoisotopic (exact) mass is 266 g/mol. The molecule has 1 saturated heterocycles. The summed E-state index contributed by atoms with van der Waals surface area (Å²) in [5.74, 6) is -0.200. The Labute approximate surface area is 114 Å². The van der Waals surface area contributed by atoms with Gasteiger partial charge in [0.25, 0.3) is 0 Å². The summed E-state index contributed by atoms with van der Waals surface area (Å²) in [4.78, 5) is 2.19. The van der Waals surface area contributed by atoms with Gasteiger partial charge in [0, 0.05) is 24.7 Å². The Hall–Kier alpha value is -0.970. The molecule has 2 atom stereocenters. The number of hydrogen-bond acceptors (Lipinski definition) is 3. The van der Waals surface area contributed by atoms with Crippen LogP contribution >= 0.6 is 0 Å². The van der Waals surface area contributed by atoms with E-state index in [2.05, 4.69) is 4.90 Å². The van der Waals surface area contributed by atoms with Crippen molar-refractivity contribution < 1.29 is 9.50 Å². The Morgan fingerprint density at radius 1 is 1.37 bits per heavy atom. The van der Waals surface area contributed by atoms with Gasteiger partial charge >= 0.3 is 0 Å². The molecule has 1 aromatic rings. The van der Waals surface area contributed by atoms with Crippen molar-refractivity contribution in [3.05, 3.63) is 35.6 Å². The van der Waals surface area contributed by atoms with E-state index >= 15 is 0 Å². The lowest BCUT2D eigenvalue weighted by Gasteiger charge is -2.30. The van der Waals surface area contributed by atoms with E-state index in [0.29, 0.717) is 18.5 Å². The molecule has 2 unspecified atom stereocenters. The first kappa shape index (κ1) is 14.4. The van der Waals surface area contributed by atoms with Crippen LogP contribution in [0.3, 0.4) is 0 Å². The third-order valence-corrected chi connectivity index (χ3v) is 4.03. The van der Waals surface area contributed by atoms with Crippen LogP contribution in [0.1, 0.15) is 37.8 Å². The van der Waals surface area contributed by atoms with Crippen LogP contribution in [-0.4, -0.2) is 35.2 Å². The highest BCUT2D eigenvalue weighted by Crippen LogP contribution is 2.28. The van der Waals surface area contributed by atoms with Gasteiger partial charge in [-0.15, -0.1) is 0 Å². The normalized spacial score (nSPS) is 26.9. The van der Waals surface area contributed by atoms with Gasteiger partial charge in [0.1, 0.15) is 5.82 Å². The topological polar surface area (TPSA) is 49.5 Å². The second-order valence-electron chi connectivity index (χ2n) is 5.66. The van der Waals surface area contributed by atoms with Gasteiger partial charge in [0.2, 0.25) is 0 Å². The van der Waals surface area contributed by atoms with Crippen molar-refractivity contribution in [3.8, 4) is 0 Å². The fourth-order valence-corrected chi connectivity index (χ4v) is 2.81. The van der Waals surface area contributed by atoms with Gasteiger partial charge < -0.3 is 10.8 Å². The Morgan fingerprint density at radius 3 is 2.79 bits per heavy atom. The Kier molecular flexibility index (Phi) is 4.55. The SMILES string of the molecule is CC1(O)CCCN(C(CN)c2ccccc2F)CC1. The fourth-order valence-electron chi connectivity index (χ4n) is 2.81. The molecule has 0 aliphatic carbocycles. The van der Waals surface area contributed by atoms with E-state index in [1.165, 1.54) is 6.07 Å². The van der Waals surface area contributed by atoms with Gasteiger partial charge in [0.05, 0.1) is 5.60 Å². The first-order chi connectivity index (χ1) is 9.03. The lowest BCUT2D eigenvalue weighted by molar-refractivity contribution is 0.0430. The van der Waals surface area contributed by atoms with Gasteiger partial charge in [-0.05, 0) is 38.8 Å². The average molecular weight is 266 g/mol. The van der Waals surface area contributed by atoms with Crippen LogP contribution < -0.4 is 5.73 Å². The van der Waals surface area contributed by atoms with E-state index in [1.54, 1.807) is 12.1 Å². The lowest BCUT2D eigenvalue weighted by Crippen LogP contribution is -2.36. The van der Waals surface area contributed by atoms with E-state index in [4.69, 9.17) is 5.73 Å². The number of aliphatic hydroxyl groups is 1. The predicted molar refractivity (Wildman–Crippen MR) is 74.2 cm³/mol. The molecule has 1 aliphatic rings. The van der Waals surface area contributed by atoms with Gasteiger partial charge in [-0.3, -0.25) is 4.90 Å². The minimum atomic E-state index is -0.608. The summed E-state index contributed by atoms with van der Waals surface area (Å²) in [7, 11) is 0. The van der Waals surface area contributed by atoms with Crippen LogP contribution in [0.5, 0.6) is 0 Å². The molecular weight excluding hydrogens is 243 g/mol. The maximum Gasteiger partial charge on any atom is 0.128 e. The molecular formula is C15H23FN2O. The molecule has 3 nitrogen and oxygen atoms in total. The Morgan fingerprint density at radius 2 is 2.11 bits per heavy atom. The maximum atomic E-state index is 13.9. The summed E-state index contributed by atoms with van der Waals surface area (Å²) in [6.07, 6.45) is 2.41. The zero-order valence-electron chi connectivity index (χ0n) is 11.5. The van der Waals surface area contributed by atoms with Crippen LogP contribution in [0.25, 0.3) is 0 Å². The molecule has 0 saturated carbocycles. The molecule has 1 aliphatic heterocycles. The van der Waals surface area contributed by atoms with Gasteiger partial charge in [0.15, 0.2) is 0 Å². The van der Waals surface area contributed by atoms with Crippen LogP contribution in [0, 0.1) is 5.82 Å². The van der Waals surface area contributed by atoms with Crippen molar-refractivity contribution in [2.75, 3.05) is 19.6 Å². The molecule has 0 aromatic heterocycles. The molecule has 0 spiro atoms. The van der Waals surface area contributed by atoms with Gasteiger partial charge in [-0.2, -0.15) is 0 Å². The largest absolute Gasteiger partial charge is 0.390 e. The zero-order valence-corrected chi connectivity index (χ0v) is 11.5. The van der Waals surface area contributed by atoms with E-state index in [-0.39, 0.29) is 11.9 Å². The van der Waals surface area contributed by atoms with E-state index in [0.717, 1.165) is 25.9 Å². The number of rotatable bonds is 3. The number of nitrogens with two attached hydrogens (primary N) is 1. The van der Waals surface area contributed by atoms with Crippen molar-refractivity contribution in [2.45, 2.75) is 37.8 Å². The molecule has 1 aromatic carbocycles.